The summed E-state index contributed by atoms with van der Waals surface area (Å²) in [5.74, 6) is -4.04. The molecule has 0 aliphatic carbocycles. The Morgan fingerprint density at radius 1 is 1.10 bits per heavy atom. The van der Waals surface area contributed by atoms with Gasteiger partial charge < -0.3 is 14.9 Å². The molecule has 0 spiro atoms. The van der Waals surface area contributed by atoms with E-state index in [0.717, 1.165) is 0 Å². The van der Waals surface area contributed by atoms with Crippen LogP contribution in [0, 0.1) is 11.3 Å². The molecule has 0 bridgehead atoms. The summed E-state index contributed by atoms with van der Waals surface area (Å²) in [4.78, 5) is 22.1. The first-order chi connectivity index (χ1) is 9.61. The maximum Gasteiger partial charge on any atom is 0.318 e. The summed E-state index contributed by atoms with van der Waals surface area (Å²) in [5.41, 5.74) is 0.705. The van der Waals surface area contributed by atoms with Gasteiger partial charge in [0, 0.05) is 5.92 Å². The number of rotatable bonds is 6. The Morgan fingerprint density at radius 2 is 1.57 bits per heavy atom. The van der Waals surface area contributed by atoms with E-state index in [-0.39, 0.29) is 5.41 Å². The van der Waals surface area contributed by atoms with E-state index in [4.69, 9.17) is 14.9 Å². The minimum atomic E-state index is -1.45. The van der Waals surface area contributed by atoms with Crippen LogP contribution in [0.4, 0.5) is 0 Å². The third-order valence-corrected chi connectivity index (χ3v) is 3.11. The second-order valence-corrected chi connectivity index (χ2v) is 6.36. The second kappa shape index (κ2) is 6.61. The Kier molecular flexibility index (Phi) is 5.35. The molecule has 5 nitrogen and oxygen atoms in total. The van der Waals surface area contributed by atoms with Gasteiger partial charge in [0.2, 0.25) is 0 Å². The number of hydrogen-bond acceptors (Lipinski definition) is 3. The average molecular weight is 294 g/mol. The first-order valence-corrected chi connectivity index (χ1v) is 6.80. The van der Waals surface area contributed by atoms with E-state index in [9.17, 15) is 9.59 Å². The van der Waals surface area contributed by atoms with Crippen molar-refractivity contribution in [1.82, 2.24) is 0 Å². The smallest absolute Gasteiger partial charge is 0.318 e. The lowest BCUT2D eigenvalue weighted by Gasteiger charge is -2.20. The van der Waals surface area contributed by atoms with Crippen LogP contribution in [0.3, 0.4) is 0 Å². The number of carboxylic acid groups (broad SMARTS) is 2. The largest absolute Gasteiger partial charge is 0.493 e. The minimum absolute atomic E-state index is 0.0453. The molecule has 0 aliphatic heterocycles. The maximum absolute atomic E-state index is 11.0. The van der Waals surface area contributed by atoms with E-state index in [0.29, 0.717) is 17.9 Å². The number of aliphatic carboxylic acids is 2. The molecule has 1 unspecified atom stereocenters. The SMILES string of the molecule is CC(c1ccc(OCC(C)(C)C)cc1)C(C(=O)O)C(=O)O. The summed E-state index contributed by atoms with van der Waals surface area (Å²) in [5, 5.41) is 18.0. The summed E-state index contributed by atoms with van der Waals surface area (Å²) in [6.07, 6.45) is 0. The van der Waals surface area contributed by atoms with Crippen LogP contribution in [-0.2, 0) is 9.59 Å². The number of benzene rings is 1. The van der Waals surface area contributed by atoms with E-state index in [1.165, 1.54) is 0 Å². The number of hydrogen-bond donors (Lipinski definition) is 2. The molecule has 0 aromatic heterocycles. The molecule has 2 N–H and O–H groups in total. The monoisotopic (exact) mass is 294 g/mol. The van der Waals surface area contributed by atoms with E-state index in [1.54, 1.807) is 31.2 Å². The van der Waals surface area contributed by atoms with Gasteiger partial charge in [-0.15, -0.1) is 0 Å². The summed E-state index contributed by atoms with van der Waals surface area (Å²) in [7, 11) is 0. The molecule has 1 rings (SSSR count). The Labute approximate surface area is 124 Å². The van der Waals surface area contributed by atoms with Crippen molar-refractivity contribution in [2.45, 2.75) is 33.6 Å². The van der Waals surface area contributed by atoms with Gasteiger partial charge in [0.05, 0.1) is 6.61 Å². The number of ether oxygens (including phenoxy) is 1. The van der Waals surface area contributed by atoms with Crippen molar-refractivity contribution in [3.05, 3.63) is 29.8 Å². The second-order valence-electron chi connectivity index (χ2n) is 6.36. The normalized spacial score (nSPS) is 13.0. The quantitative estimate of drug-likeness (QED) is 0.788. The zero-order valence-electron chi connectivity index (χ0n) is 12.8. The van der Waals surface area contributed by atoms with Gasteiger partial charge in [0.25, 0.3) is 0 Å². The van der Waals surface area contributed by atoms with Crippen molar-refractivity contribution < 1.29 is 24.5 Å². The van der Waals surface area contributed by atoms with Crippen LogP contribution in [0.25, 0.3) is 0 Å². The lowest BCUT2D eigenvalue weighted by molar-refractivity contribution is -0.155. The molecular weight excluding hydrogens is 272 g/mol. The van der Waals surface area contributed by atoms with Crippen LogP contribution in [0.2, 0.25) is 0 Å². The van der Waals surface area contributed by atoms with Crippen LogP contribution in [-0.4, -0.2) is 28.8 Å². The zero-order valence-corrected chi connectivity index (χ0v) is 12.8. The van der Waals surface area contributed by atoms with Crippen LogP contribution in [0.15, 0.2) is 24.3 Å². The fourth-order valence-electron chi connectivity index (χ4n) is 1.89. The van der Waals surface area contributed by atoms with E-state index >= 15 is 0 Å². The Balaban J connectivity index is 2.81. The first kappa shape index (κ1) is 17.0. The van der Waals surface area contributed by atoms with Crippen molar-refractivity contribution in [3.8, 4) is 5.75 Å². The molecule has 0 saturated heterocycles. The molecule has 0 radical (unpaired) electrons. The molecule has 0 fully saturated rings. The van der Waals surface area contributed by atoms with Gasteiger partial charge in [0.15, 0.2) is 5.92 Å². The van der Waals surface area contributed by atoms with Crippen molar-refractivity contribution in [1.29, 1.82) is 0 Å². The van der Waals surface area contributed by atoms with Crippen LogP contribution < -0.4 is 4.74 Å². The van der Waals surface area contributed by atoms with Gasteiger partial charge in [0.1, 0.15) is 5.75 Å². The number of carboxylic acids is 2. The molecule has 0 saturated carbocycles. The third kappa shape index (κ3) is 5.10. The van der Waals surface area contributed by atoms with Crippen LogP contribution in [0.5, 0.6) is 5.75 Å². The highest BCUT2D eigenvalue weighted by atomic mass is 16.5. The highest BCUT2D eigenvalue weighted by Crippen LogP contribution is 2.27. The standard InChI is InChI=1S/C16H22O5/c1-10(13(14(17)18)15(19)20)11-5-7-12(8-6-11)21-9-16(2,3)4/h5-8,10,13H,9H2,1-4H3,(H,17,18)(H,19,20). The van der Waals surface area contributed by atoms with Gasteiger partial charge in [-0.25, -0.2) is 0 Å². The Morgan fingerprint density at radius 3 is 1.95 bits per heavy atom. The summed E-state index contributed by atoms with van der Waals surface area (Å²) in [6, 6.07) is 6.89. The average Bonchev–Trinajstić information content (AvgIpc) is 2.35. The highest BCUT2D eigenvalue weighted by Gasteiger charge is 2.32. The van der Waals surface area contributed by atoms with Gasteiger partial charge in [-0.05, 0) is 23.1 Å². The molecule has 5 heteroatoms. The number of carbonyl (C=O) groups is 2. The predicted octanol–water partition coefficient (Wildman–Crippen LogP) is 3.00. The summed E-state index contributed by atoms with van der Waals surface area (Å²) in [6.45, 7) is 8.35. The van der Waals surface area contributed by atoms with E-state index in [1.807, 2.05) is 0 Å². The van der Waals surface area contributed by atoms with Gasteiger partial charge in [-0.1, -0.05) is 39.8 Å². The van der Waals surface area contributed by atoms with E-state index in [2.05, 4.69) is 20.8 Å². The zero-order chi connectivity index (χ0) is 16.2. The predicted molar refractivity (Wildman–Crippen MR) is 78.6 cm³/mol. The lowest BCUT2D eigenvalue weighted by atomic mass is 9.87. The van der Waals surface area contributed by atoms with Crippen molar-refractivity contribution in [3.63, 3.8) is 0 Å². The van der Waals surface area contributed by atoms with Gasteiger partial charge in [-0.3, -0.25) is 9.59 Å². The minimum Gasteiger partial charge on any atom is -0.493 e. The highest BCUT2D eigenvalue weighted by molar-refractivity contribution is 5.94. The van der Waals surface area contributed by atoms with Crippen molar-refractivity contribution in [2.24, 2.45) is 11.3 Å². The summed E-state index contributed by atoms with van der Waals surface area (Å²) < 4.78 is 5.63. The fourth-order valence-corrected chi connectivity index (χ4v) is 1.89. The third-order valence-electron chi connectivity index (χ3n) is 3.11. The molecule has 1 aromatic rings. The molecule has 0 amide bonds. The van der Waals surface area contributed by atoms with Crippen molar-refractivity contribution in [2.75, 3.05) is 6.61 Å². The molecule has 0 aliphatic rings. The fraction of sp³-hybridized carbons (Fsp3) is 0.500. The Hall–Kier alpha value is -2.04. The topological polar surface area (TPSA) is 83.8 Å². The van der Waals surface area contributed by atoms with Crippen LogP contribution in [0.1, 0.15) is 39.2 Å². The lowest BCUT2D eigenvalue weighted by Crippen LogP contribution is -2.28. The first-order valence-electron chi connectivity index (χ1n) is 6.80. The van der Waals surface area contributed by atoms with E-state index < -0.39 is 23.8 Å². The maximum atomic E-state index is 11.0. The molecule has 1 aromatic carbocycles. The summed E-state index contributed by atoms with van der Waals surface area (Å²) >= 11 is 0. The molecule has 1 atom stereocenters. The Bertz CT molecular complexity index is 484. The van der Waals surface area contributed by atoms with Crippen molar-refractivity contribution >= 4 is 11.9 Å². The van der Waals surface area contributed by atoms with Gasteiger partial charge >= 0.3 is 11.9 Å². The molecule has 21 heavy (non-hydrogen) atoms. The molecule has 116 valence electrons. The molecular formula is C16H22O5. The van der Waals surface area contributed by atoms with Gasteiger partial charge in [-0.2, -0.15) is 0 Å². The molecule has 0 heterocycles. The van der Waals surface area contributed by atoms with Crippen LogP contribution >= 0.6 is 0 Å².